The van der Waals surface area contributed by atoms with Gasteiger partial charge in [-0.25, -0.2) is 0 Å². The van der Waals surface area contributed by atoms with Crippen LogP contribution in [0.4, 0.5) is 0 Å². The lowest BCUT2D eigenvalue weighted by molar-refractivity contribution is 1.18. The molecular weight excluding hydrogens is 496 g/mol. The van der Waals surface area contributed by atoms with E-state index in [1.165, 1.54) is 82.1 Å². The Morgan fingerprint density at radius 3 is 1.85 bits per heavy atom. The Labute approximate surface area is 237 Å². The fraction of sp³-hybridized carbons (Fsp3) is 0.0256. The van der Waals surface area contributed by atoms with Crippen molar-refractivity contribution in [1.29, 1.82) is 0 Å². The predicted molar refractivity (Wildman–Crippen MR) is 175 cm³/mol. The van der Waals surface area contributed by atoms with Gasteiger partial charge >= 0.3 is 0 Å². The number of fused-ring (bicyclic) bond motifs is 9. The largest absolute Gasteiger partial charge is 0.309 e. The average Bonchev–Trinajstić information content (AvgIpc) is 3.53. The summed E-state index contributed by atoms with van der Waals surface area (Å²) < 4.78 is 4.88. The highest BCUT2D eigenvalue weighted by Gasteiger charge is 2.20. The molecule has 9 rings (SSSR count). The molecule has 0 aliphatic rings. The second-order valence-electron chi connectivity index (χ2n) is 11.1. The summed E-state index contributed by atoms with van der Waals surface area (Å²) in [6, 6.07) is 51.2. The molecule has 0 saturated heterocycles. The van der Waals surface area contributed by atoms with Gasteiger partial charge in [-0.15, -0.1) is 0 Å². The van der Waals surface area contributed by atoms with Crippen LogP contribution in [0.15, 0.2) is 140 Å². The maximum absolute atomic E-state index is 2.44. The van der Waals surface area contributed by atoms with Crippen LogP contribution < -0.4 is 0 Å². The number of rotatable bonds is 2. The van der Waals surface area contributed by atoms with Gasteiger partial charge in [0.25, 0.3) is 0 Å². The minimum atomic E-state index is 1.18. The van der Waals surface area contributed by atoms with Gasteiger partial charge in [0, 0.05) is 32.9 Å². The van der Waals surface area contributed by atoms with E-state index >= 15 is 0 Å². The van der Waals surface area contributed by atoms with Crippen LogP contribution in [0, 0.1) is 6.92 Å². The van der Waals surface area contributed by atoms with Crippen LogP contribution in [0.2, 0.25) is 0 Å². The molecule has 0 saturated carbocycles. The number of hydrogen-bond acceptors (Lipinski definition) is 0. The molecule has 9 aromatic rings. The molecule has 192 valence electrons. The lowest BCUT2D eigenvalue weighted by Gasteiger charge is -2.11. The smallest absolute Gasteiger partial charge is 0.0641 e. The van der Waals surface area contributed by atoms with Gasteiger partial charge in [0.1, 0.15) is 0 Å². The highest BCUT2D eigenvalue weighted by molar-refractivity contribution is 6.26. The van der Waals surface area contributed by atoms with Gasteiger partial charge in [-0.2, -0.15) is 0 Å². The molecule has 0 unspecified atom stereocenters. The first-order chi connectivity index (χ1) is 20.2. The monoisotopic (exact) mass is 522 g/mol. The molecule has 0 atom stereocenters. The fourth-order valence-electron chi connectivity index (χ4n) is 6.88. The Balaban J connectivity index is 1.42. The molecule has 2 nitrogen and oxygen atoms in total. The lowest BCUT2D eigenvalue weighted by atomic mass is 10.0. The average molecular weight is 523 g/mol. The van der Waals surface area contributed by atoms with Crippen LogP contribution in [0.1, 0.15) is 5.56 Å². The summed E-state index contributed by atoms with van der Waals surface area (Å²) in [5, 5.41) is 10.2. The van der Waals surface area contributed by atoms with Crippen LogP contribution in [0.3, 0.4) is 0 Å². The van der Waals surface area contributed by atoms with Crippen molar-refractivity contribution in [2.75, 3.05) is 0 Å². The Bertz CT molecular complexity index is 2470. The van der Waals surface area contributed by atoms with Gasteiger partial charge in [0.05, 0.1) is 22.1 Å². The van der Waals surface area contributed by atoms with Crippen molar-refractivity contribution in [3.8, 4) is 11.4 Å². The molecular formula is C39H26N2. The van der Waals surface area contributed by atoms with Gasteiger partial charge in [0.2, 0.25) is 0 Å². The van der Waals surface area contributed by atoms with Crippen LogP contribution in [-0.4, -0.2) is 9.13 Å². The summed E-state index contributed by atoms with van der Waals surface area (Å²) in [5.74, 6) is 0. The second-order valence-corrected chi connectivity index (χ2v) is 11.1. The normalized spacial score (nSPS) is 12.0. The highest BCUT2D eigenvalue weighted by atomic mass is 15.0. The summed E-state index contributed by atoms with van der Waals surface area (Å²) >= 11 is 0. The van der Waals surface area contributed by atoms with E-state index in [9.17, 15) is 0 Å². The zero-order chi connectivity index (χ0) is 27.1. The zero-order valence-corrected chi connectivity index (χ0v) is 22.7. The van der Waals surface area contributed by atoms with Crippen LogP contribution in [0.25, 0.3) is 76.5 Å². The molecule has 0 aliphatic heterocycles. The SMILES string of the molecule is Cc1ccc2cc3cc(-n4c5ccccc5c5c4ccc4c6ccccc6n(-c6ccccc6)c45)ccc3cc2c1. The van der Waals surface area contributed by atoms with Crippen LogP contribution in [0.5, 0.6) is 0 Å². The van der Waals surface area contributed by atoms with E-state index in [1.807, 2.05) is 0 Å². The maximum Gasteiger partial charge on any atom is 0.0641 e. The molecule has 0 radical (unpaired) electrons. The summed E-state index contributed by atoms with van der Waals surface area (Å²) in [6.07, 6.45) is 0. The molecule has 0 fully saturated rings. The molecule has 41 heavy (non-hydrogen) atoms. The quantitative estimate of drug-likeness (QED) is 0.200. The summed E-state index contributed by atoms with van der Waals surface area (Å²) in [5.41, 5.74) is 8.56. The first-order valence-electron chi connectivity index (χ1n) is 14.2. The van der Waals surface area contributed by atoms with Gasteiger partial charge < -0.3 is 9.13 Å². The van der Waals surface area contributed by atoms with Crippen molar-refractivity contribution in [3.05, 3.63) is 145 Å². The third-order valence-corrected chi connectivity index (χ3v) is 8.68. The Kier molecular flexibility index (Phi) is 4.57. The zero-order valence-electron chi connectivity index (χ0n) is 22.7. The highest BCUT2D eigenvalue weighted by Crippen LogP contribution is 2.42. The van der Waals surface area contributed by atoms with Gasteiger partial charge in [-0.3, -0.25) is 0 Å². The Morgan fingerprint density at radius 2 is 1.05 bits per heavy atom. The van der Waals surface area contributed by atoms with Crippen LogP contribution in [-0.2, 0) is 0 Å². The molecule has 7 aromatic carbocycles. The van der Waals surface area contributed by atoms with E-state index in [2.05, 4.69) is 156 Å². The van der Waals surface area contributed by atoms with Crippen molar-refractivity contribution in [2.45, 2.75) is 6.92 Å². The Hall–Kier alpha value is -5.34. The summed E-state index contributed by atoms with van der Waals surface area (Å²) in [4.78, 5) is 0. The molecule has 0 amide bonds. The molecule has 2 heterocycles. The molecule has 0 spiro atoms. The predicted octanol–water partition coefficient (Wildman–Crippen LogP) is 10.5. The maximum atomic E-state index is 2.44. The van der Waals surface area contributed by atoms with Crippen molar-refractivity contribution < 1.29 is 0 Å². The number of aryl methyl sites for hydroxylation is 1. The van der Waals surface area contributed by atoms with E-state index in [0.717, 1.165) is 0 Å². The first kappa shape index (κ1) is 22.5. The van der Waals surface area contributed by atoms with E-state index in [0.29, 0.717) is 0 Å². The minimum absolute atomic E-state index is 1.18. The lowest BCUT2D eigenvalue weighted by Crippen LogP contribution is -1.95. The second kappa shape index (κ2) is 8.33. The van der Waals surface area contributed by atoms with Crippen molar-refractivity contribution in [1.82, 2.24) is 9.13 Å². The van der Waals surface area contributed by atoms with E-state index in [-0.39, 0.29) is 0 Å². The fourth-order valence-corrected chi connectivity index (χ4v) is 6.88. The molecule has 2 heteroatoms. The van der Waals surface area contributed by atoms with E-state index in [4.69, 9.17) is 0 Å². The van der Waals surface area contributed by atoms with E-state index < -0.39 is 0 Å². The number of para-hydroxylation sites is 3. The third kappa shape index (κ3) is 3.19. The van der Waals surface area contributed by atoms with Crippen molar-refractivity contribution in [3.63, 3.8) is 0 Å². The van der Waals surface area contributed by atoms with Gasteiger partial charge in [-0.1, -0.05) is 90.5 Å². The number of benzene rings is 7. The van der Waals surface area contributed by atoms with Crippen molar-refractivity contribution in [2.24, 2.45) is 0 Å². The molecule has 0 bridgehead atoms. The molecule has 2 aromatic heterocycles. The van der Waals surface area contributed by atoms with Crippen molar-refractivity contribution >= 4 is 65.2 Å². The molecule has 0 aliphatic carbocycles. The number of hydrogen-bond donors (Lipinski definition) is 0. The van der Waals surface area contributed by atoms with Gasteiger partial charge in [-0.05, 0) is 83.1 Å². The standard InChI is InChI=1S/C39H26N2/c1-25-15-16-26-23-29-24-31(18-17-27(29)22-28(26)21-25)40-36-14-8-6-12-34(36)38-37(40)20-19-33-32-11-5-7-13-35(32)41(39(33)38)30-9-3-2-4-10-30/h2-24H,1H3. The topological polar surface area (TPSA) is 9.86 Å². The number of nitrogens with zero attached hydrogens (tertiary/aromatic N) is 2. The molecule has 0 N–H and O–H groups in total. The Morgan fingerprint density at radius 1 is 0.390 bits per heavy atom. The minimum Gasteiger partial charge on any atom is -0.309 e. The first-order valence-corrected chi connectivity index (χ1v) is 14.2. The summed E-state index contributed by atoms with van der Waals surface area (Å²) in [7, 11) is 0. The third-order valence-electron chi connectivity index (χ3n) is 8.68. The number of aromatic nitrogens is 2. The van der Waals surface area contributed by atoms with E-state index in [1.54, 1.807) is 0 Å². The van der Waals surface area contributed by atoms with Gasteiger partial charge in [0.15, 0.2) is 0 Å². The van der Waals surface area contributed by atoms with Crippen LogP contribution >= 0.6 is 0 Å². The summed E-state index contributed by atoms with van der Waals surface area (Å²) in [6.45, 7) is 2.16.